The Morgan fingerprint density at radius 2 is 2.23 bits per heavy atom. The lowest BCUT2D eigenvalue weighted by Gasteiger charge is -2.22. The van der Waals surface area contributed by atoms with E-state index in [1.54, 1.807) is 6.92 Å². The number of aliphatic hydroxyl groups excluding tert-OH is 1. The number of fused-ring (bicyclic) bond motifs is 1. The van der Waals surface area contributed by atoms with Gasteiger partial charge in [-0.05, 0) is 49.6 Å². The van der Waals surface area contributed by atoms with E-state index in [0.29, 0.717) is 33.9 Å². The standard InChI is InChI=1S/C19H22FN5O/c1-11-5-13(6-16(20)15(11)9-26)14-7-17(12-3-2-4-22-8-12)25-18(14)19(21)23-10-24-25/h5-7,10,12,22,26H,2-4,8-9H2,1H3,(H2,21,23,24). The summed E-state index contributed by atoms with van der Waals surface area (Å²) in [5.74, 6) is 0.273. The Morgan fingerprint density at radius 3 is 2.92 bits per heavy atom. The summed E-state index contributed by atoms with van der Waals surface area (Å²) in [5.41, 5.74) is 10.5. The predicted molar refractivity (Wildman–Crippen MR) is 98.3 cm³/mol. The van der Waals surface area contributed by atoms with Gasteiger partial charge in [0.15, 0.2) is 5.82 Å². The van der Waals surface area contributed by atoms with Crippen molar-refractivity contribution in [2.24, 2.45) is 0 Å². The molecule has 0 spiro atoms. The van der Waals surface area contributed by atoms with Crippen LogP contribution in [0.1, 0.15) is 35.6 Å². The van der Waals surface area contributed by atoms with Gasteiger partial charge in [-0.15, -0.1) is 0 Å². The number of hydrogen-bond acceptors (Lipinski definition) is 5. The van der Waals surface area contributed by atoms with Crippen LogP contribution in [0, 0.1) is 12.7 Å². The zero-order valence-corrected chi connectivity index (χ0v) is 14.7. The number of rotatable bonds is 3. The van der Waals surface area contributed by atoms with Gasteiger partial charge in [-0.1, -0.05) is 6.07 Å². The molecule has 0 amide bonds. The lowest BCUT2D eigenvalue weighted by atomic mass is 9.95. The van der Waals surface area contributed by atoms with Crippen LogP contribution in [-0.2, 0) is 6.61 Å². The fraction of sp³-hybridized carbons (Fsp3) is 0.368. The summed E-state index contributed by atoms with van der Waals surface area (Å²) in [6.45, 7) is 3.38. The summed E-state index contributed by atoms with van der Waals surface area (Å²) >= 11 is 0. The van der Waals surface area contributed by atoms with Crippen molar-refractivity contribution in [3.8, 4) is 11.1 Å². The van der Waals surface area contributed by atoms with E-state index < -0.39 is 5.82 Å². The largest absolute Gasteiger partial charge is 0.392 e. The van der Waals surface area contributed by atoms with Gasteiger partial charge in [0.2, 0.25) is 0 Å². The summed E-state index contributed by atoms with van der Waals surface area (Å²) in [6, 6.07) is 5.37. The molecule has 4 rings (SSSR count). The van der Waals surface area contributed by atoms with Gasteiger partial charge in [0.05, 0.1) is 6.61 Å². The number of aliphatic hydroxyl groups is 1. The van der Waals surface area contributed by atoms with Crippen molar-refractivity contribution in [3.63, 3.8) is 0 Å². The van der Waals surface area contributed by atoms with Gasteiger partial charge in [-0.2, -0.15) is 5.10 Å². The minimum absolute atomic E-state index is 0.318. The first-order valence-electron chi connectivity index (χ1n) is 8.83. The fourth-order valence-electron chi connectivity index (χ4n) is 3.84. The number of anilines is 1. The molecule has 4 N–H and O–H groups in total. The Kier molecular flexibility index (Phi) is 4.34. The molecule has 1 fully saturated rings. The number of nitrogen functional groups attached to an aromatic ring is 1. The molecule has 1 aromatic carbocycles. The number of nitrogens with one attached hydrogen (secondary N) is 1. The molecule has 0 radical (unpaired) electrons. The molecule has 6 nitrogen and oxygen atoms in total. The normalized spacial score (nSPS) is 17.7. The number of aryl methyl sites for hydroxylation is 1. The smallest absolute Gasteiger partial charge is 0.151 e. The lowest BCUT2D eigenvalue weighted by molar-refractivity contribution is 0.275. The molecule has 3 heterocycles. The highest BCUT2D eigenvalue weighted by Gasteiger charge is 2.23. The first kappa shape index (κ1) is 16.9. The van der Waals surface area contributed by atoms with Crippen LogP contribution >= 0.6 is 0 Å². The van der Waals surface area contributed by atoms with Crippen LogP contribution in [0.25, 0.3) is 16.6 Å². The second-order valence-corrected chi connectivity index (χ2v) is 6.84. The van der Waals surface area contributed by atoms with Crippen molar-refractivity contribution < 1.29 is 9.50 Å². The molecule has 1 aliphatic rings. The molecule has 136 valence electrons. The SMILES string of the molecule is Cc1cc(-c2cc(C3CCCNC3)n3ncnc(N)c23)cc(F)c1CO. The van der Waals surface area contributed by atoms with Gasteiger partial charge in [0.25, 0.3) is 0 Å². The second-order valence-electron chi connectivity index (χ2n) is 6.84. The van der Waals surface area contributed by atoms with Gasteiger partial charge in [0, 0.05) is 29.3 Å². The lowest BCUT2D eigenvalue weighted by Crippen LogP contribution is -2.29. The minimum atomic E-state index is -0.418. The second kappa shape index (κ2) is 6.66. The van der Waals surface area contributed by atoms with Crippen molar-refractivity contribution in [3.05, 3.63) is 47.2 Å². The Hall–Kier alpha value is -2.51. The zero-order chi connectivity index (χ0) is 18.3. The topological polar surface area (TPSA) is 88.5 Å². The number of benzene rings is 1. The zero-order valence-electron chi connectivity index (χ0n) is 14.7. The van der Waals surface area contributed by atoms with E-state index in [0.717, 1.165) is 37.2 Å². The monoisotopic (exact) mass is 355 g/mol. The van der Waals surface area contributed by atoms with E-state index >= 15 is 0 Å². The van der Waals surface area contributed by atoms with E-state index in [-0.39, 0.29) is 6.61 Å². The number of halogens is 1. The van der Waals surface area contributed by atoms with Crippen molar-refractivity contribution in [1.82, 2.24) is 19.9 Å². The molecule has 0 bridgehead atoms. The number of piperidine rings is 1. The van der Waals surface area contributed by atoms with E-state index in [1.165, 1.54) is 12.4 Å². The highest BCUT2D eigenvalue weighted by molar-refractivity contribution is 5.88. The van der Waals surface area contributed by atoms with Gasteiger partial charge < -0.3 is 16.2 Å². The van der Waals surface area contributed by atoms with Gasteiger partial charge in [-0.25, -0.2) is 13.9 Å². The van der Waals surface area contributed by atoms with Crippen LogP contribution < -0.4 is 11.1 Å². The Labute approximate surface area is 150 Å². The molecular weight excluding hydrogens is 333 g/mol. The maximum Gasteiger partial charge on any atom is 0.151 e. The molecule has 1 unspecified atom stereocenters. The molecular formula is C19H22FN5O. The van der Waals surface area contributed by atoms with Crippen molar-refractivity contribution in [1.29, 1.82) is 0 Å². The molecule has 7 heteroatoms. The molecule has 26 heavy (non-hydrogen) atoms. The average molecular weight is 355 g/mol. The molecule has 0 saturated carbocycles. The van der Waals surface area contributed by atoms with Crippen LogP contribution in [-0.4, -0.2) is 32.8 Å². The maximum absolute atomic E-state index is 14.4. The number of nitrogens with two attached hydrogens (primary N) is 1. The predicted octanol–water partition coefficient (Wildman–Crippen LogP) is 2.39. The van der Waals surface area contributed by atoms with Crippen molar-refractivity contribution in [2.75, 3.05) is 18.8 Å². The van der Waals surface area contributed by atoms with Crippen molar-refractivity contribution >= 4 is 11.3 Å². The van der Waals surface area contributed by atoms with E-state index in [9.17, 15) is 9.50 Å². The van der Waals surface area contributed by atoms with E-state index in [2.05, 4.69) is 15.4 Å². The van der Waals surface area contributed by atoms with Crippen LogP contribution in [0.3, 0.4) is 0 Å². The highest BCUT2D eigenvalue weighted by Crippen LogP contribution is 2.36. The number of hydrogen-bond donors (Lipinski definition) is 3. The summed E-state index contributed by atoms with van der Waals surface area (Å²) in [6.07, 6.45) is 3.62. The molecule has 1 aliphatic heterocycles. The Bertz CT molecular complexity index is 939. The molecule has 1 saturated heterocycles. The third kappa shape index (κ3) is 2.73. The molecule has 0 aliphatic carbocycles. The fourth-order valence-corrected chi connectivity index (χ4v) is 3.84. The van der Waals surface area contributed by atoms with Crippen LogP contribution in [0.2, 0.25) is 0 Å². The van der Waals surface area contributed by atoms with Crippen LogP contribution in [0.4, 0.5) is 10.2 Å². The Morgan fingerprint density at radius 1 is 1.38 bits per heavy atom. The van der Waals surface area contributed by atoms with Gasteiger partial charge in [0.1, 0.15) is 17.7 Å². The summed E-state index contributed by atoms with van der Waals surface area (Å²) < 4.78 is 16.3. The van der Waals surface area contributed by atoms with Crippen LogP contribution in [0.15, 0.2) is 24.5 Å². The van der Waals surface area contributed by atoms with E-state index in [4.69, 9.17) is 5.73 Å². The summed E-state index contributed by atoms with van der Waals surface area (Å²) in [5, 5.41) is 17.2. The Balaban J connectivity index is 1.93. The summed E-state index contributed by atoms with van der Waals surface area (Å²) in [4.78, 5) is 4.13. The number of aromatic nitrogens is 3. The maximum atomic E-state index is 14.4. The van der Waals surface area contributed by atoms with Crippen molar-refractivity contribution in [2.45, 2.75) is 32.3 Å². The van der Waals surface area contributed by atoms with Gasteiger partial charge in [-0.3, -0.25) is 0 Å². The summed E-state index contributed by atoms with van der Waals surface area (Å²) in [7, 11) is 0. The number of nitrogens with zero attached hydrogens (tertiary/aromatic N) is 3. The highest BCUT2D eigenvalue weighted by atomic mass is 19.1. The van der Waals surface area contributed by atoms with E-state index in [1.807, 2.05) is 16.6 Å². The first-order chi connectivity index (χ1) is 12.6. The molecule has 3 aromatic rings. The first-order valence-corrected chi connectivity index (χ1v) is 8.83. The average Bonchev–Trinajstić information content (AvgIpc) is 3.03. The molecule has 2 aromatic heterocycles. The van der Waals surface area contributed by atoms with Crippen LogP contribution in [0.5, 0.6) is 0 Å². The van der Waals surface area contributed by atoms with Gasteiger partial charge >= 0.3 is 0 Å². The quantitative estimate of drug-likeness (QED) is 0.671. The third-order valence-corrected chi connectivity index (χ3v) is 5.21. The third-order valence-electron chi connectivity index (χ3n) is 5.21. The minimum Gasteiger partial charge on any atom is -0.392 e. The molecule has 1 atom stereocenters.